The molecule has 0 saturated heterocycles. The van der Waals surface area contributed by atoms with Gasteiger partial charge in [-0.1, -0.05) is 30.3 Å². The smallest absolute Gasteiger partial charge is 0.0498 e. The van der Waals surface area contributed by atoms with E-state index >= 15 is 0 Å². The summed E-state index contributed by atoms with van der Waals surface area (Å²) in [7, 11) is 0. The van der Waals surface area contributed by atoms with Crippen LogP contribution in [0.2, 0.25) is 0 Å². The summed E-state index contributed by atoms with van der Waals surface area (Å²) >= 11 is 0. The first-order valence-corrected chi connectivity index (χ1v) is 6.58. The maximum atomic E-state index is 9.18. The van der Waals surface area contributed by atoms with Gasteiger partial charge in [0.1, 0.15) is 0 Å². The number of aliphatic hydroxyl groups is 2. The molecule has 0 saturated carbocycles. The van der Waals surface area contributed by atoms with Crippen LogP contribution in [0.25, 0.3) is 21.8 Å². The summed E-state index contributed by atoms with van der Waals surface area (Å²) < 4.78 is 0. The van der Waals surface area contributed by atoms with Gasteiger partial charge < -0.3 is 15.2 Å². The van der Waals surface area contributed by atoms with Gasteiger partial charge in [-0.05, 0) is 30.0 Å². The SMILES string of the molecule is OCCc1cccc2c1[nH]c1cccc(CCO)c12. The van der Waals surface area contributed by atoms with E-state index in [1.165, 1.54) is 10.8 Å². The lowest BCUT2D eigenvalue weighted by molar-refractivity contribution is 0.299. The van der Waals surface area contributed by atoms with Gasteiger partial charge in [0.25, 0.3) is 0 Å². The number of rotatable bonds is 4. The maximum Gasteiger partial charge on any atom is 0.0498 e. The molecule has 0 atom stereocenters. The van der Waals surface area contributed by atoms with Crippen LogP contribution >= 0.6 is 0 Å². The van der Waals surface area contributed by atoms with E-state index in [0.717, 1.165) is 22.2 Å². The highest BCUT2D eigenvalue weighted by atomic mass is 16.3. The number of fused-ring (bicyclic) bond motifs is 3. The van der Waals surface area contributed by atoms with Crippen molar-refractivity contribution in [3.05, 3.63) is 47.5 Å². The molecule has 0 fully saturated rings. The van der Waals surface area contributed by atoms with Gasteiger partial charge in [0.2, 0.25) is 0 Å². The summed E-state index contributed by atoms with van der Waals surface area (Å²) in [6.45, 7) is 0.306. The van der Waals surface area contributed by atoms with Gasteiger partial charge in [-0.15, -0.1) is 0 Å². The summed E-state index contributed by atoms with van der Waals surface area (Å²) in [5, 5.41) is 20.7. The fourth-order valence-electron chi connectivity index (χ4n) is 2.77. The minimum absolute atomic E-state index is 0.151. The maximum absolute atomic E-state index is 9.18. The highest BCUT2D eigenvalue weighted by Crippen LogP contribution is 2.30. The van der Waals surface area contributed by atoms with Crippen LogP contribution in [0.3, 0.4) is 0 Å². The van der Waals surface area contributed by atoms with E-state index in [1.807, 2.05) is 18.2 Å². The van der Waals surface area contributed by atoms with E-state index in [1.54, 1.807) is 0 Å². The molecule has 3 rings (SSSR count). The molecule has 0 aliphatic rings. The molecule has 3 N–H and O–H groups in total. The first kappa shape index (κ1) is 12.2. The molecular weight excluding hydrogens is 238 g/mol. The Morgan fingerprint density at radius 2 is 1.53 bits per heavy atom. The Balaban J connectivity index is 2.33. The largest absolute Gasteiger partial charge is 0.396 e. The van der Waals surface area contributed by atoms with Gasteiger partial charge in [-0.25, -0.2) is 0 Å². The number of aliphatic hydroxyl groups excluding tert-OH is 2. The summed E-state index contributed by atoms with van der Waals surface area (Å²) in [6, 6.07) is 12.3. The Labute approximate surface area is 111 Å². The lowest BCUT2D eigenvalue weighted by atomic mass is 10.0. The number of hydrogen-bond acceptors (Lipinski definition) is 2. The van der Waals surface area contributed by atoms with Crippen LogP contribution in [0.1, 0.15) is 11.1 Å². The molecule has 0 amide bonds. The Bertz CT molecular complexity index is 715. The van der Waals surface area contributed by atoms with Crippen LogP contribution < -0.4 is 0 Å². The molecule has 3 aromatic rings. The van der Waals surface area contributed by atoms with Crippen molar-refractivity contribution < 1.29 is 10.2 Å². The van der Waals surface area contributed by atoms with Crippen LogP contribution in [-0.2, 0) is 12.8 Å². The second kappa shape index (κ2) is 5.03. The zero-order valence-corrected chi connectivity index (χ0v) is 10.7. The van der Waals surface area contributed by atoms with Crippen molar-refractivity contribution >= 4 is 21.8 Å². The molecule has 2 aromatic carbocycles. The summed E-state index contributed by atoms with van der Waals surface area (Å²) in [5.74, 6) is 0. The van der Waals surface area contributed by atoms with Crippen molar-refractivity contribution in [2.45, 2.75) is 12.8 Å². The molecule has 0 spiro atoms. The van der Waals surface area contributed by atoms with Crippen molar-refractivity contribution in [2.24, 2.45) is 0 Å². The van der Waals surface area contributed by atoms with Crippen LogP contribution in [-0.4, -0.2) is 28.4 Å². The second-order valence-electron chi connectivity index (χ2n) is 4.75. The third-order valence-electron chi connectivity index (χ3n) is 3.59. The predicted molar refractivity (Wildman–Crippen MR) is 77.4 cm³/mol. The molecule has 0 radical (unpaired) electrons. The van der Waals surface area contributed by atoms with E-state index in [2.05, 4.69) is 23.2 Å². The molecule has 19 heavy (non-hydrogen) atoms. The quantitative estimate of drug-likeness (QED) is 0.670. The molecule has 3 heteroatoms. The minimum Gasteiger partial charge on any atom is -0.396 e. The van der Waals surface area contributed by atoms with E-state index in [-0.39, 0.29) is 13.2 Å². The summed E-state index contributed by atoms with van der Waals surface area (Å²) in [6.07, 6.45) is 1.31. The highest BCUT2D eigenvalue weighted by molar-refractivity contribution is 6.09. The lowest BCUT2D eigenvalue weighted by Crippen LogP contribution is -1.92. The molecule has 0 aliphatic carbocycles. The van der Waals surface area contributed by atoms with Crippen molar-refractivity contribution in [1.82, 2.24) is 4.98 Å². The van der Waals surface area contributed by atoms with E-state index in [4.69, 9.17) is 5.11 Å². The summed E-state index contributed by atoms with van der Waals surface area (Å²) in [5.41, 5.74) is 4.47. The predicted octanol–water partition coefficient (Wildman–Crippen LogP) is 2.39. The van der Waals surface area contributed by atoms with Crippen LogP contribution in [0.15, 0.2) is 36.4 Å². The number of aromatic nitrogens is 1. The second-order valence-corrected chi connectivity index (χ2v) is 4.75. The Morgan fingerprint density at radius 1 is 0.842 bits per heavy atom. The molecule has 1 heterocycles. The summed E-state index contributed by atoms with van der Waals surface area (Å²) in [4.78, 5) is 3.44. The minimum atomic E-state index is 0.151. The molecule has 0 bridgehead atoms. The van der Waals surface area contributed by atoms with Crippen LogP contribution in [0.5, 0.6) is 0 Å². The Morgan fingerprint density at radius 3 is 2.32 bits per heavy atom. The number of para-hydroxylation sites is 1. The molecule has 98 valence electrons. The van der Waals surface area contributed by atoms with Crippen molar-refractivity contribution in [2.75, 3.05) is 13.2 Å². The number of hydrogen-bond donors (Lipinski definition) is 3. The average molecular weight is 255 g/mol. The van der Waals surface area contributed by atoms with E-state index < -0.39 is 0 Å². The lowest BCUT2D eigenvalue weighted by Gasteiger charge is -2.02. The normalized spacial score (nSPS) is 11.5. The number of H-pyrrole nitrogens is 1. The fourth-order valence-corrected chi connectivity index (χ4v) is 2.77. The van der Waals surface area contributed by atoms with E-state index in [0.29, 0.717) is 12.8 Å². The Hall–Kier alpha value is -1.84. The van der Waals surface area contributed by atoms with Gasteiger partial charge in [0.15, 0.2) is 0 Å². The zero-order valence-electron chi connectivity index (χ0n) is 10.7. The van der Waals surface area contributed by atoms with Gasteiger partial charge >= 0.3 is 0 Å². The molecule has 3 nitrogen and oxygen atoms in total. The first-order chi connectivity index (χ1) is 9.35. The number of nitrogens with one attached hydrogen (secondary N) is 1. The van der Waals surface area contributed by atoms with Crippen LogP contribution in [0.4, 0.5) is 0 Å². The highest BCUT2D eigenvalue weighted by Gasteiger charge is 2.10. The van der Waals surface area contributed by atoms with Crippen LogP contribution in [0, 0.1) is 0 Å². The average Bonchev–Trinajstić information content (AvgIpc) is 2.80. The number of aromatic amines is 1. The third kappa shape index (κ3) is 2.01. The van der Waals surface area contributed by atoms with Crippen molar-refractivity contribution in [3.63, 3.8) is 0 Å². The van der Waals surface area contributed by atoms with E-state index in [9.17, 15) is 5.11 Å². The van der Waals surface area contributed by atoms with Gasteiger partial charge in [0.05, 0.1) is 0 Å². The molecule has 0 unspecified atom stereocenters. The monoisotopic (exact) mass is 255 g/mol. The fraction of sp³-hybridized carbons (Fsp3) is 0.250. The number of benzene rings is 2. The van der Waals surface area contributed by atoms with Crippen molar-refractivity contribution in [3.8, 4) is 0 Å². The first-order valence-electron chi connectivity index (χ1n) is 6.58. The molecular formula is C16H17NO2. The Kier molecular flexibility index (Phi) is 3.23. The van der Waals surface area contributed by atoms with Gasteiger partial charge in [0, 0.05) is 35.0 Å². The van der Waals surface area contributed by atoms with Crippen molar-refractivity contribution in [1.29, 1.82) is 0 Å². The van der Waals surface area contributed by atoms with Gasteiger partial charge in [-0.2, -0.15) is 0 Å². The van der Waals surface area contributed by atoms with Gasteiger partial charge in [-0.3, -0.25) is 0 Å². The topological polar surface area (TPSA) is 56.2 Å². The molecule has 0 aliphatic heterocycles. The zero-order chi connectivity index (χ0) is 13.2. The molecule has 1 aromatic heterocycles. The third-order valence-corrected chi connectivity index (χ3v) is 3.59. The standard InChI is InChI=1S/C16H17NO2/c18-9-7-11-3-2-6-14-15(11)13-5-1-4-12(8-10-19)16(13)17-14/h1-6,17-19H,7-10H2.